The van der Waals surface area contributed by atoms with Crippen LogP contribution in [0.4, 0.5) is 0 Å². The molecule has 2 rings (SSSR count). The van der Waals surface area contributed by atoms with Crippen LogP contribution in [0.1, 0.15) is 36.0 Å². The molecule has 1 aromatic rings. The second-order valence-electron chi connectivity index (χ2n) is 3.98. The lowest BCUT2D eigenvalue weighted by Crippen LogP contribution is -2.37. The van der Waals surface area contributed by atoms with E-state index in [9.17, 15) is 4.79 Å². The molecule has 1 aromatic carbocycles. The molecule has 0 aliphatic heterocycles. The fraction of sp³-hybridized carbons (Fsp3) is 0.417. The van der Waals surface area contributed by atoms with Gasteiger partial charge < -0.3 is 0 Å². The lowest BCUT2D eigenvalue weighted by Gasteiger charge is -2.20. The molecule has 0 bridgehead atoms. The Balaban J connectivity index is 2.24. The van der Waals surface area contributed by atoms with Gasteiger partial charge in [-0.25, -0.2) is 5.73 Å². The largest absolute Gasteiger partial charge is 0.292 e. The van der Waals surface area contributed by atoms with Gasteiger partial charge in [0.2, 0.25) is 0 Å². The number of rotatable bonds is 2. The minimum Gasteiger partial charge on any atom is -0.292 e. The molecule has 0 atom stereocenters. The molecule has 0 heterocycles. The van der Waals surface area contributed by atoms with Crippen molar-refractivity contribution < 1.29 is 4.79 Å². The zero-order chi connectivity index (χ0) is 10.0. The molecular weight excluding hydrogens is 174 g/mol. The van der Waals surface area contributed by atoms with Crippen molar-refractivity contribution in [2.45, 2.75) is 31.2 Å². The molecule has 73 valence electrons. The molecule has 0 spiro atoms. The van der Waals surface area contributed by atoms with E-state index < -0.39 is 5.54 Å². The van der Waals surface area contributed by atoms with Crippen LogP contribution in [0.5, 0.6) is 0 Å². The zero-order valence-electron chi connectivity index (χ0n) is 8.12. The van der Waals surface area contributed by atoms with Gasteiger partial charge in [0, 0.05) is 5.56 Å². The van der Waals surface area contributed by atoms with Gasteiger partial charge in [0.25, 0.3) is 0 Å². The number of Topliss-reactive ketones (excluding diaryl/α,β-unsaturated/α-hetero) is 1. The van der Waals surface area contributed by atoms with E-state index in [4.69, 9.17) is 5.73 Å². The first-order valence-electron chi connectivity index (χ1n) is 5.07. The third kappa shape index (κ3) is 1.58. The van der Waals surface area contributed by atoms with Crippen molar-refractivity contribution in [1.82, 2.24) is 5.73 Å². The minimum absolute atomic E-state index is 0.00407. The summed E-state index contributed by atoms with van der Waals surface area (Å²) in [5.41, 5.74) is 7.93. The molecule has 0 aromatic heterocycles. The van der Waals surface area contributed by atoms with Crippen molar-refractivity contribution in [1.29, 1.82) is 0 Å². The molecule has 1 fully saturated rings. The van der Waals surface area contributed by atoms with Crippen LogP contribution >= 0.6 is 0 Å². The molecule has 1 radical (unpaired) electrons. The van der Waals surface area contributed by atoms with Crippen LogP contribution in [-0.4, -0.2) is 11.3 Å². The Morgan fingerprint density at radius 3 is 2.29 bits per heavy atom. The molecule has 14 heavy (non-hydrogen) atoms. The quantitative estimate of drug-likeness (QED) is 0.657. The summed E-state index contributed by atoms with van der Waals surface area (Å²) in [5, 5.41) is 0. The van der Waals surface area contributed by atoms with Crippen molar-refractivity contribution in [3.8, 4) is 0 Å². The van der Waals surface area contributed by atoms with Gasteiger partial charge in [-0.2, -0.15) is 0 Å². The topological polar surface area (TPSA) is 40.9 Å². The van der Waals surface area contributed by atoms with Crippen LogP contribution in [-0.2, 0) is 0 Å². The number of carbonyl (C=O) groups excluding carboxylic acids is 1. The van der Waals surface area contributed by atoms with Crippen molar-refractivity contribution >= 4 is 5.78 Å². The minimum atomic E-state index is -0.832. The zero-order valence-corrected chi connectivity index (χ0v) is 8.12. The van der Waals surface area contributed by atoms with Gasteiger partial charge in [-0.3, -0.25) is 4.79 Å². The number of benzene rings is 1. The molecule has 0 saturated heterocycles. The SMILES string of the molecule is [NH]C1(C(=O)c2ccccc2)CCCC1. The Bertz CT molecular complexity index is 325. The predicted molar refractivity (Wildman–Crippen MR) is 55.1 cm³/mol. The molecule has 0 unspecified atom stereocenters. The highest BCUT2D eigenvalue weighted by Crippen LogP contribution is 2.31. The molecule has 0 amide bonds. The fourth-order valence-corrected chi connectivity index (χ4v) is 2.07. The Morgan fingerprint density at radius 1 is 1.14 bits per heavy atom. The first kappa shape index (κ1) is 9.41. The normalized spacial score (nSPS) is 19.5. The van der Waals surface area contributed by atoms with Crippen molar-refractivity contribution in [2.24, 2.45) is 0 Å². The van der Waals surface area contributed by atoms with Crippen molar-refractivity contribution in [2.75, 3.05) is 0 Å². The van der Waals surface area contributed by atoms with E-state index in [1.165, 1.54) is 0 Å². The summed E-state index contributed by atoms with van der Waals surface area (Å²) in [6.45, 7) is 0. The highest BCUT2D eigenvalue weighted by atomic mass is 16.1. The van der Waals surface area contributed by atoms with E-state index in [0.717, 1.165) is 25.7 Å². The Hall–Kier alpha value is -1.15. The number of hydrogen-bond acceptors (Lipinski definition) is 1. The predicted octanol–water partition coefficient (Wildman–Crippen LogP) is 2.47. The molecule has 1 aliphatic rings. The maximum atomic E-state index is 12.0. The number of ketones is 1. The third-order valence-corrected chi connectivity index (χ3v) is 2.93. The molecule has 1 N–H and O–H groups in total. The van der Waals surface area contributed by atoms with Crippen LogP contribution in [0.25, 0.3) is 0 Å². The highest BCUT2D eigenvalue weighted by molar-refractivity contribution is 6.03. The molecule has 1 aliphatic carbocycles. The van der Waals surface area contributed by atoms with Gasteiger partial charge in [-0.05, 0) is 12.8 Å². The molecule has 2 heteroatoms. The summed E-state index contributed by atoms with van der Waals surface area (Å²) in [6.07, 6.45) is 3.48. The summed E-state index contributed by atoms with van der Waals surface area (Å²) in [4.78, 5) is 12.0. The lowest BCUT2D eigenvalue weighted by atomic mass is 9.89. The van der Waals surface area contributed by atoms with Crippen molar-refractivity contribution in [3.05, 3.63) is 35.9 Å². The number of carbonyl (C=O) groups is 1. The second-order valence-corrected chi connectivity index (χ2v) is 3.98. The van der Waals surface area contributed by atoms with E-state index >= 15 is 0 Å². The maximum Gasteiger partial charge on any atom is 0.184 e. The fourth-order valence-electron chi connectivity index (χ4n) is 2.07. The van der Waals surface area contributed by atoms with Crippen LogP contribution in [0.15, 0.2) is 30.3 Å². The summed E-state index contributed by atoms with van der Waals surface area (Å²) < 4.78 is 0. The van der Waals surface area contributed by atoms with Gasteiger partial charge in [-0.15, -0.1) is 0 Å². The van der Waals surface area contributed by atoms with Gasteiger partial charge in [0.1, 0.15) is 0 Å². The smallest absolute Gasteiger partial charge is 0.184 e. The Kier molecular flexibility index (Phi) is 2.38. The average Bonchev–Trinajstić information content (AvgIpc) is 2.67. The molecule has 2 nitrogen and oxygen atoms in total. The summed E-state index contributed by atoms with van der Waals surface area (Å²) in [7, 11) is 0. The van der Waals surface area contributed by atoms with E-state index in [-0.39, 0.29) is 5.78 Å². The highest BCUT2D eigenvalue weighted by Gasteiger charge is 2.38. The Labute approximate surface area is 84.1 Å². The maximum absolute atomic E-state index is 12.0. The van der Waals surface area contributed by atoms with E-state index in [1.807, 2.05) is 18.2 Å². The van der Waals surface area contributed by atoms with Crippen LogP contribution in [0.2, 0.25) is 0 Å². The van der Waals surface area contributed by atoms with E-state index in [0.29, 0.717) is 5.56 Å². The van der Waals surface area contributed by atoms with E-state index in [1.54, 1.807) is 12.1 Å². The van der Waals surface area contributed by atoms with Crippen LogP contribution < -0.4 is 5.73 Å². The third-order valence-electron chi connectivity index (χ3n) is 2.93. The first-order chi connectivity index (χ1) is 6.72. The summed E-state index contributed by atoms with van der Waals surface area (Å²) >= 11 is 0. The molecule has 1 saturated carbocycles. The molecular formula is C12H14NO. The van der Waals surface area contributed by atoms with Gasteiger partial charge in [0.05, 0.1) is 5.54 Å². The van der Waals surface area contributed by atoms with Crippen LogP contribution in [0, 0.1) is 0 Å². The lowest BCUT2D eigenvalue weighted by molar-refractivity contribution is 0.0885. The monoisotopic (exact) mass is 188 g/mol. The summed E-state index contributed by atoms with van der Waals surface area (Å²) in [5.74, 6) is -0.00407. The van der Waals surface area contributed by atoms with Crippen molar-refractivity contribution in [3.63, 3.8) is 0 Å². The first-order valence-corrected chi connectivity index (χ1v) is 5.07. The average molecular weight is 188 g/mol. The van der Waals surface area contributed by atoms with Gasteiger partial charge in [0.15, 0.2) is 5.78 Å². The van der Waals surface area contributed by atoms with Crippen LogP contribution in [0.3, 0.4) is 0 Å². The summed E-state index contributed by atoms with van der Waals surface area (Å²) in [6, 6.07) is 9.20. The second kappa shape index (κ2) is 3.54. The van der Waals surface area contributed by atoms with E-state index in [2.05, 4.69) is 0 Å². The van der Waals surface area contributed by atoms with Gasteiger partial charge >= 0.3 is 0 Å². The standard InChI is InChI=1S/C12H14NO/c13-12(8-4-5-9-12)11(14)10-6-2-1-3-7-10/h1-3,6-7,13H,4-5,8-9H2. The number of hydrogen-bond donors (Lipinski definition) is 0. The number of nitrogens with one attached hydrogen (secondary N) is 1. The Morgan fingerprint density at radius 2 is 1.71 bits per heavy atom. The van der Waals surface area contributed by atoms with Gasteiger partial charge in [-0.1, -0.05) is 43.2 Å².